The van der Waals surface area contributed by atoms with Crippen molar-refractivity contribution in [3.8, 4) is 0 Å². The Morgan fingerprint density at radius 1 is 1.22 bits per heavy atom. The quantitative estimate of drug-likeness (QED) is 0.375. The first-order chi connectivity index (χ1) is 10.8. The lowest BCUT2D eigenvalue weighted by Gasteiger charge is -2.37. The van der Waals surface area contributed by atoms with Gasteiger partial charge >= 0.3 is 0 Å². The first-order valence-corrected chi connectivity index (χ1v) is 10.3. The highest BCUT2D eigenvalue weighted by atomic mass is 32.2. The van der Waals surface area contributed by atoms with E-state index in [1.54, 1.807) is 7.05 Å². The average Bonchev–Trinajstić information content (AvgIpc) is 2.46. The van der Waals surface area contributed by atoms with Crippen molar-refractivity contribution in [3.63, 3.8) is 0 Å². The molecule has 136 valence electrons. The molecule has 0 radical (unpaired) electrons. The third-order valence-electron chi connectivity index (χ3n) is 3.63. The molecule has 0 aromatic carbocycles. The summed E-state index contributed by atoms with van der Waals surface area (Å²) in [7, 11) is -1.16. The summed E-state index contributed by atoms with van der Waals surface area (Å²) < 4.78 is 27.3. The number of aliphatic imine (C=N–C) groups is 1. The van der Waals surface area contributed by atoms with Crippen molar-refractivity contribution < 1.29 is 13.2 Å². The molecule has 0 aromatic heterocycles. The van der Waals surface area contributed by atoms with Crippen LogP contribution in [0.4, 0.5) is 0 Å². The van der Waals surface area contributed by atoms with Crippen LogP contribution in [0.3, 0.4) is 0 Å². The highest BCUT2D eigenvalue weighted by Crippen LogP contribution is 2.05. The van der Waals surface area contributed by atoms with E-state index in [2.05, 4.69) is 34.0 Å². The second-order valence-corrected chi connectivity index (χ2v) is 8.66. The fraction of sp³-hybridized carbons (Fsp3) is 0.933. The Morgan fingerprint density at radius 2 is 1.87 bits per heavy atom. The average molecular weight is 349 g/mol. The van der Waals surface area contributed by atoms with Crippen molar-refractivity contribution >= 4 is 15.8 Å². The Hall–Kier alpha value is -0.860. The molecule has 0 aliphatic carbocycles. The molecule has 1 N–H and O–H groups in total. The molecule has 23 heavy (non-hydrogen) atoms. The normalized spacial score (nSPS) is 17.8. The van der Waals surface area contributed by atoms with Crippen molar-refractivity contribution in [1.29, 1.82) is 0 Å². The van der Waals surface area contributed by atoms with Gasteiger partial charge in [-0.05, 0) is 5.92 Å². The molecule has 1 heterocycles. The van der Waals surface area contributed by atoms with Crippen LogP contribution in [0.2, 0.25) is 0 Å². The van der Waals surface area contributed by atoms with Gasteiger partial charge in [-0.1, -0.05) is 13.8 Å². The van der Waals surface area contributed by atoms with Crippen LogP contribution in [-0.4, -0.2) is 95.7 Å². The Balaban J connectivity index is 2.20. The molecular weight excluding hydrogens is 316 g/mol. The molecule has 0 spiro atoms. The Labute approximate surface area is 141 Å². The molecular formula is C15H32N4O3S. The van der Waals surface area contributed by atoms with E-state index >= 15 is 0 Å². The van der Waals surface area contributed by atoms with Gasteiger partial charge in [0.15, 0.2) is 5.96 Å². The molecule has 0 saturated carbocycles. The van der Waals surface area contributed by atoms with Gasteiger partial charge < -0.3 is 15.0 Å². The second-order valence-electron chi connectivity index (χ2n) is 6.40. The summed E-state index contributed by atoms with van der Waals surface area (Å²) in [5, 5.41) is 3.28. The predicted molar refractivity (Wildman–Crippen MR) is 94.7 cm³/mol. The number of hydrogen-bond donors (Lipinski definition) is 1. The number of sulfone groups is 1. The van der Waals surface area contributed by atoms with Gasteiger partial charge in [0.05, 0.1) is 19.0 Å². The fourth-order valence-corrected chi connectivity index (χ4v) is 2.96. The van der Waals surface area contributed by atoms with Crippen LogP contribution in [0.1, 0.15) is 13.8 Å². The maximum absolute atomic E-state index is 11.0. The van der Waals surface area contributed by atoms with E-state index in [1.165, 1.54) is 6.26 Å². The van der Waals surface area contributed by atoms with Gasteiger partial charge in [0.1, 0.15) is 9.84 Å². The van der Waals surface area contributed by atoms with Crippen LogP contribution < -0.4 is 5.32 Å². The minimum Gasteiger partial charge on any atom is -0.379 e. The SMILES string of the molecule is CN=C(NCCOCCS(C)(=O)=O)N1CCN(CC(C)C)CC1. The zero-order valence-electron chi connectivity index (χ0n) is 14.9. The third kappa shape index (κ3) is 9.12. The number of nitrogens with zero attached hydrogens (tertiary/aromatic N) is 3. The summed E-state index contributed by atoms with van der Waals surface area (Å²) in [6.45, 7) is 11.1. The van der Waals surface area contributed by atoms with Crippen LogP contribution in [0, 0.1) is 5.92 Å². The highest BCUT2D eigenvalue weighted by Gasteiger charge is 2.19. The van der Waals surface area contributed by atoms with Crippen molar-refractivity contribution in [2.24, 2.45) is 10.9 Å². The minimum absolute atomic E-state index is 0.0690. The maximum atomic E-state index is 11.0. The summed E-state index contributed by atoms with van der Waals surface area (Å²) in [6, 6.07) is 0. The molecule has 0 atom stereocenters. The minimum atomic E-state index is -2.95. The lowest BCUT2D eigenvalue weighted by atomic mass is 10.2. The largest absolute Gasteiger partial charge is 0.379 e. The van der Waals surface area contributed by atoms with E-state index in [4.69, 9.17) is 4.74 Å². The monoisotopic (exact) mass is 348 g/mol. The molecule has 8 heteroatoms. The summed E-state index contributed by atoms with van der Waals surface area (Å²) in [5.41, 5.74) is 0. The fourth-order valence-electron chi connectivity index (χ4n) is 2.54. The lowest BCUT2D eigenvalue weighted by Crippen LogP contribution is -2.53. The standard InChI is InChI=1S/C15H32N4O3S/c1-14(2)13-18-6-8-19(9-7-18)15(16-3)17-5-10-22-11-12-23(4,20)21/h14H,5-13H2,1-4H3,(H,16,17). The molecule has 0 aromatic rings. The van der Waals surface area contributed by atoms with Crippen molar-refractivity contribution in [3.05, 3.63) is 0 Å². The summed E-state index contributed by atoms with van der Waals surface area (Å²) >= 11 is 0. The third-order valence-corrected chi connectivity index (χ3v) is 4.54. The predicted octanol–water partition coefficient (Wildman–Crippen LogP) is -0.103. The molecule has 0 unspecified atom stereocenters. The van der Waals surface area contributed by atoms with Crippen molar-refractivity contribution in [2.45, 2.75) is 13.8 Å². The van der Waals surface area contributed by atoms with E-state index in [0.29, 0.717) is 19.1 Å². The van der Waals surface area contributed by atoms with Gasteiger partial charge in [0.25, 0.3) is 0 Å². The highest BCUT2D eigenvalue weighted by molar-refractivity contribution is 7.90. The van der Waals surface area contributed by atoms with Gasteiger partial charge in [0, 0.05) is 52.6 Å². The number of nitrogens with one attached hydrogen (secondary N) is 1. The Morgan fingerprint density at radius 3 is 2.39 bits per heavy atom. The topological polar surface area (TPSA) is 74.2 Å². The molecule has 1 fully saturated rings. The van der Waals surface area contributed by atoms with E-state index in [9.17, 15) is 8.42 Å². The van der Waals surface area contributed by atoms with Gasteiger partial charge in [-0.3, -0.25) is 9.89 Å². The lowest BCUT2D eigenvalue weighted by molar-refractivity contribution is 0.149. The first kappa shape index (κ1) is 20.2. The Kier molecular flexibility index (Phi) is 8.86. The van der Waals surface area contributed by atoms with E-state index in [0.717, 1.165) is 38.7 Å². The van der Waals surface area contributed by atoms with E-state index < -0.39 is 9.84 Å². The van der Waals surface area contributed by atoms with E-state index in [-0.39, 0.29) is 12.4 Å². The smallest absolute Gasteiger partial charge is 0.193 e. The van der Waals surface area contributed by atoms with Crippen LogP contribution >= 0.6 is 0 Å². The maximum Gasteiger partial charge on any atom is 0.193 e. The zero-order chi connectivity index (χ0) is 17.3. The molecule has 1 aliphatic rings. The molecule has 0 amide bonds. The van der Waals surface area contributed by atoms with Gasteiger partial charge in [-0.15, -0.1) is 0 Å². The zero-order valence-corrected chi connectivity index (χ0v) is 15.7. The summed E-state index contributed by atoms with van der Waals surface area (Å²) in [6.07, 6.45) is 1.22. The Bertz CT molecular complexity index is 457. The van der Waals surface area contributed by atoms with Crippen molar-refractivity contribution in [2.75, 3.05) is 71.5 Å². The number of rotatable bonds is 8. The van der Waals surface area contributed by atoms with Gasteiger partial charge in [0.2, 0.25) is 0 Å². The summed E-state index contributed by atoms with van der Waals surface area (Å²) in [4.78, 5) is 9.06. The molecule has 1 aliphatic heterocycles. The number of ether oxygens (including phenoxy) is 1. The molecule has 1 rings (SSSR count). The van der Waals surface area contributed by atoms with Crippen LogP contribution in [0.25, 0.3) is 0 Å². The van der Waals surface area contributed by atoms with Crippen LogP contribution in [-0.2, 0) is 14.6 Å². The van der Waals surface area contributed by atoms with Crippen molar-refractivity contribution in [1.82, 2.24) is 15.1 Å². The number of hydrogen-bond acceptors (Lipinski definition) is 5. The number of piperazine rings is 1. The molecule has 0 bridgehead atoms. The van der Waals surface area contributed by atoms with Crippen LogP contribution in [0.5, 0.6) is 0 Å². The molecule has 1 saturated heterocycles. The van der Waals surface area contributed by atoms with E-state index in [1.807, 2.05) is 0 Å². The summed E-state index contributed by atoms with van der Waals surface area (Å²) in [5.74, 6) is 1.66. The second kappa shape index (κ2) is 10.1. The molecule has 7 nitrogen and oxygen atoms in total. The number of guanidine groups is 1. The van der Waals surface area contributed by atoms with Gasteiger partial charge in [-0.2, -0.15) is 0 Å². The first-order valence-electron chi connectivity index (χ1n) is 8.25. The van der Waals surface area contributed by atoms with Gasteiger partial charge in [-0.25, -0.2) is 8.42 Å². The van der Waals surface area contributed by atoms with Crippen LogP contribution in [0.15, 0.2) is 4.99 Å².